The predicted molar refractivity (Wildman–Crippen MR) is 75.1 cm³/mol. The van der Waals surface area contributed by atoms with E-state index in [1.54, 1.807) is 18.2 Å². The van der Waals surface area contributed by atoms with Crippen molar-refractivity contribution in [1.82, 2.24) is 5.32 Å². The Bertz CT molecular complexity index is 453. The largest absolute Gasteiger partial charge is 0.478 e. The molecule has 0 saturated heterocycles. The summed E-state index contributed by atoms with van der Waals surface area (Å²) in [7, 11) is 0. The van der Waals surface area contributed by atoms with Crippen molar-refractivity contribution in [3.8, 4) is 0 Å². The summed E-state index contributed by atoms with van der Waals surface area (Å²) >= 11 is 5.33. The number of carbonyl (C=O) groups is 1. The molecule has 0 unspecified atom stereocenters. The van der Waals surface area contributed by atoms with Crippen LogP contribution in [0, 0.1) is 0 Å². The minimum atomic E-state index is -0.932. The first-order valence-electron chi connectivity index (χ1n) is 6.31. The molecule has 1 saturated carbocycles. The van der Waals surface area contributed by atoms with Crippen LogP contribution in [0.4, 0.5) is 0 Å². The summed E-state index contributed by atoms with van der Waals surface area (Å²) in [6, 6.07) is 7.29. The van der Waals surface area contributed by atoms with Gasteiger partial charge in [-0.1, -0.05) is 49.7 Å². The number of aromatic carboxylic acids is 1. The summed E-state index contributed by atoms with van der Waals surface area (Å²) in [6.45, 7) is 0. The molecule has 0 amide bonds. The predicted octanol–water partition coefficient (Wildman–Crippen LogP) is 2.98. The first-order valence-corrected chi connectivity index (χ1v) is 6.72. The van der Waals surface area contributed by atoms with Crippen molar-refractivity contribution in [2.45, 2.75) is 38.1 Å². The lowest BCUT2D eigenvalue weighted by molar-refractivity contribution is 0.0696. The molecule has 0 atom stereocenters. The van der Waals surface area contributed by atoms with Crippen molar-refractivity contribution >= 4 is 23.2 Å². The fraction of sp³-hybridized carbons (Fsp3) is 0.429. The third-order valence-corrected chi connectivity index (χ3v) is 3.68. The highest BCUT2D eigenvalue weighted by atomic mass is 32.1. The van der Waals surface area contributed by atoms with Gasteiger partial charge in [0.15, 0.2) is 0 Å². The maximum absolute atomic E-state index is 11.1. The van der Waals surface area contributed by atoms with Crippen molar-refractivity contribution in [3.05, 3.63) is 35.4 Å². The lowest BCUT2D eigenvalue weighted by Crippen LogP contribution is -2.36. The van der Waals surface area contributed by atoms with Crippen molar-refractivity contribution in [1.29, 1.82) is 0 Å². The van der Waals surface area contributed by atoms with Crippen LogP contribution in [-0.2, 0) is 0 Å². The van der Waals surface area contributed by atoms with E-state index >= 15 is 0 Å². The molecule has 1 aromatic carbocycles. The number of nitrogens with one attached hydrogen (secondary N) is 1. The highest BCUT2D eigenvalue weighted by Gasteiger charge is 2.17. The fourth-order valence-corrected chi connectivity index (χ4v) is 2.72. The second-order valence-electron chi connectivity index (χ2n) is 4.66. The molecule has 1 fully saturated rings. The number of hydrogen-bond donors (Lipinski definition) is 2. The standard InChI is InChI=1S/C14H17NO2S/c16-14(17)12-9-5-4-8-11(12)13(18)15-10-6-2-1-3-7-10/h4-5,8-10H,1-3,6-7H2,(H,15,18)(H,16,17). The molecule has 0 aromatic heterocycles. The molecule has 1 aliphatic carbocycles. The van der Waals surface area contributed by atoms with Gasteiger partial charge in [-0.25, -0.2) is 4.79 Å². The van der Waals surface area contributed by atoms with Crippen LogP contribution in [0.2, 0.25) is 0 Å². The zero-order chi connectivity index (χ0) is 13.0. The number of benzene rings is 1. The quantitative estimate of drug-likeness (QED) is 0.823. The van der Waals surface area contributed by atoms with Crippen LogP contribution >= 0.6 is 12.2 Å². The van der Waals surface area contributed by atoms with Crippen molar-refractivity contribution in [2.75, 3.05) is 0 Å². The van der Waals surface area contributed by atoms with E-state index in [9.17, 15) is 4.79 Å². The minimum Gasteiger partial charge on any atom is -0.478 e. The van der Waals surface area contributed by atoms with Gasteiger partial charge in [-0.05, 0) is 18.9 Å². The molecule has 1 aliphatic rings. The average molecular weight is 263 g/mol. The lowest BCUT2D eigenvalue weighted by atomic mass is 9.95. The highest BCUT2D eigenvalue weighted by Crippen LogP contribution is 2.18. The summed E-state index contributed by atoms with van der Waals surface area (Å²) in [5, 5.41) is 12.4. The van der Waals surface area contributed by atoms with Gasteiger partial charge in [0.05, 0.1) is 5.56 Å². The van der Waals surface area contributed by atoms with Gasteiger partial charge in [-0.2, -0.15) is 0 Å². The second-order valence-corrected chi connectivity index (χ2v) is 5.07. The van der Waals surface area contributed by atoms with E-state index in [1.165, 1.54) is 19.3 Å². The minimum absolute atomic E-state index is 0.269. The third kappa shape index (κ3) is 3.07. The van der Waals surface area contributed by atoms with Crippen LogP contribution < -0.4 is 5.32 Å². The van der Waals surface area contributed by atoms with Crippen molar-refractivity contribution in [2.24, 2.45) is 0 Å². The summed E-state index contributed by atoms with van der Waals surface area (Å²) in [4.78, 5) is 11.7. The van der Waals surface area contributed by atoms with Gasteiger partial charge in [-0.15, -0.1) is 0 Å². The van der Waals surface area contributed by atoms with Gasteiger partial charge in [-0.3, -0.25) is 0 Å². The van der Waals surface area contributed by atoms with Gasteiger partial charge < -0.3 is 10.4 Å². The zero-order valence-electron chi connectivity index (χ0n) is 10.2. The number of carboxylic acid groups (broad SMARTS) is 1. The molecule has 0 aliphatic heterocycles. The van der Waals surface area contributed by atoms with Gasteiger partial charge in [0, 0.05) is 11.6 Å². The van der Waals surface area contributed by atoms with Gasteiger partial charge in [0.1, 0.15) is 4.99 Å². The first kappa shape index (κ1) is 13.0. The topological polar surface area (TPSA) is 49.3 Å². The van der Waals surface area contributed by atoms with E-state index < -0.39 is 5.97 Å². The Kier molecular flexibility index (Phi) is 4.31. The molecule has 0 spiro atoms. The monoisotopic (exact) mass is 263 g/mol. The molecule has 3 nitrogen and oxygen atoms in total. The highest BCUT2D eigenvalue weighted by molar-refractivity contribution is 7.80. The van der Waals surface area contributed by atoms with Gasteiger partial charge >= 0.3 is 5.97 Å². The number of rotatable bonds is 3. The van der Waals surface area contributed by atoms with Crippen LogP contribution in [0.3, 0.4) is 0 Å². The van der Waals surface area contributed by atoms with Crippen LogP contribution in [0.1, 0.15) is 48.0 Å². The van der Waals surface area contributed by atoms with E-state index in [-0.39, 0.29) is 5.56 Å². The normalized spacial score (nSPS) is 16.2. The van der Waals surface area contributed by atoms with Crippen LogP contribution in [-0.4, -0.2) is 22.1 Å². The average Bonchev–Trinajstić information content (AvgIpc) is 2.40. The fourth-order valence-electron chi connectivity index (χ4n) is 2.38. The van der Waals surface area contributed by atoms with Gasteiger partial charge in [0.25, 0.3) is 0 Å². The molecule has 96 valence electrons. The Balaban J connectivity index is 2.10. The Morgan fingerprint density at radius 2 is 1.78 bits per heavy atom. The van der Waals surface area contributed by atoms with E-state index in [2.05, 4.69) is 5.32 Å². The summed E-state index contributed by atoms with van der Waals surface area (Å²) in [5.74, 6) is -0.932. The van der Waals surface area contributed by atoms with E-state index in [0.717, 1.165) is 12.8 Å². The Labute approximate surface area is 112 Å². The molecule has 0 heterocycles. The number of thiocarbonyl (C=S) groups is 1. The second kappa shape index (κ2) is 5.96. The molecular formula is C14H17NO2S. The Morgan fingerprint density at radius 1 is 1.17 bits per heavy atom. The molecule has 1 aromatic rings. The van der Waals surface area contributed by atoms with Gasteiger partial charge in [0.2, 0.25) is 0 Å². The molecule has 2 rings (SSSR count). The molecular weight excluding hydrogens is 246 g/mol. The van der Waals surface area contributed by atoms with Crippen molar-refractivity contribution in [3.63, 3.8) is 0 Å². The maximum atomic E-state index is 11.1. The van der Waals surface area contributed by atoms with E-state index in [4.69, 9.17) is 17.3 Å². The first-order chi connectivity index (χ1) is 8.68. The zero-order valence-corrected chi connectivity index (χ0v) is 11.0. The molecule has 4 heteroatoms. The SMILES string of the molecule is O=C(O)c1ccccc1C(=S)NC1CCCCC1. The molecule has 18 heavy (non-hydrogen) atoms. The van der Waals surface area contributed by atoms with E-state index in [0.29, 0.717) is 16.6 Å². The third-order valence-electron chi connectivity index (χ3n) is 3.34. The Morgan fingerprint density at radius 3 is 2.39 bits per heavy atom. The van der Waals surface area contributed by atoms with E-state index in [1.807, 2.05) is 6.07 Å². The summed E-state index contributed by atoms with van der Waals surface area (Å²) in [6.07, 6.45) is 5.98. The van der Waals surface area contributed by atoms with Crippen LogP contribution in [0.5, 0.6) is 0 Å². The lowest BCUT2D eigenvalue weighted by Gasteiger charge is -2.24. The number of hydrogen-bond acceptors (Lipinski definition) is 2. The maximum Gasteiger partial charge on any atom is 0.336 e. The molecule has 2 N–H and O–H groups in total. The van der Waals surface area contributed by atoms with Crippen molar-refractivity contribution < 1.29 is 9.90 Å². The van der Waals surface area contributed by atoms with Crippen LogP contribution in [0.15, 0.2) is 24.3 Å². The smallest absolute Gasteiger partial charge is 0.336 e. The molecule has 0 radical (unpaired) electrons. The Hall–Kier alpha value is -1.42. The summed E-state index contributed by atoms with van der Waals surface area (Å²) < 4.78 is 0. The van der Waals surface area contributed by atoms with Crippen LogP contribution in [0.25, 0.3) is 0 Å². The summed E-state index contributed by atoms with van der Waals surface area (Å²) in [5.41, 5.74) is 0.886. The number of carboxylic acids is 1. The molecule has 0 bridgehead atoms.